The quantitative estimate of drug-likeness (QED) is 0.763. The second-order valence-corrected chi connectivity index (χ2v) is 8.26. The minimum absolute atomic E-state index is 0.285. The van der Waals surface area contributed by atoms with Crippen LogP contribution in [-0.4, -0.2) is 35.0 Å². The highest BCUT2D eigenvalue weighted by molar-refractivity contribution is 7.90. The zero-order chi connectivity index (χ0) is 12.6. The summed E-state index contributed by atoms with van der Waals surface area (Å²) >= 11 is 4.96. The van der Waals surface area contributed by atoms with E-state index in [2.05, 4.69) is 0 Å². The van der Waals surface area contributed by atoms with E-state index in [0.29, 0.717) is 6.54 Å². The summed E-state index contributed by atoms with van der Waals surface area (Å²) in [5.74, 6) is 0. The van der Waals surface area contributed by atoms with Crippen LogP contribution in [0.5, 0.6) is 0 Å². The average Bonchev–Trinajstić information content (AvgIpc) is 2.16. The monoisotopic (exact) mass is 264 g/mol. The largest absolute Gasteiger partial charge is 0.392 e. The van der Waals surface area contributed by atoms with Crippen LogP contribution >= 0.6 is 12.2 Å². The highest BCUT2D eigenvalue weighted by Gasteiger charge is 2.41. The zero-order valence-corrected chi connectivity index (χ0v) is 11.7. The summed E-state index contributed by atoms with van der Waals surface area (Å²) in [6.07, 6.45) is 2.61. The summed E-state index contributed by atoms with van der Waals surface area (Å²) in [7, 11) is -3.33. The van der Waals surface area contributed by atoms with Crippen molar-refractivity contribution in [2.45, 2.75) is 50.8 Å². The summed E-state index contributed by atoms with van der Waals surface area (Å²) in [5, 5.41) is 0. The third-order valence-electron chi connectivity index (χ3n) is 2.86. The van der Waals surface area contributed by atoms with Gasteiger partial charge in [-0.2, -0.15) is 4.31 Å². The first-order valence-corrected chi connectivity index (χ1v) is 7.33. The molecule has 0 aromatic carbocycles. The van der Waals surface area contributed by atoms with E-state index >= 15 is 0 Å². The lowest BCUT2D eigenvalue weighted by Crippen LogP contribution is -2.54. The van der Waals surface area contributed by atoms with E-state index in [-0.39, 0.29) is 11.0 Å². The first kappa shape index (κ1) is 13.9. The van der Waals surface area contributed by atoms with Crippen LogP contribution < -0.4 is 5.73 Å². The molecule has 2 N–H and O–H groups in total. The topological polar surface area (TPSA) is 63.4 Å². The molecule has 1 unspecified atom stereocenters. The van der Waals surface area contributed by atoms with E-state index in [0.717, 1.165) is 19.3 Å². The van der Waals surface area contributed by atoms with Crippen LogP contribution in [0.2, 0.25) is 0 Å². The van der Waals surface area contributed by atoms with Gasteiger partial charge in [-0.1, -0.05) is 18.6 Å². The Morgan fingerprint density at radius 3 is 2.38 bits per heavy atom. The van der Waals surface area contributed by atoms with Crippen molar-refractivity contribution in [2.75, 3.05) is 6.54 Å². The maximum absolute atomic E-state index is 12.3. The first-order valence-electron chi connectivity index (χ1n) is 5.48. The van der Waals surface area contributed by atoms with Crippen molar-refractivity contribution in [1.82, 2.24) is 4.31 Å². The molecule has 0 aliphatic carbocycles. The summed E-state index contributed by atoms with van der Waals surface area (Å²) in [6.45, 7) is 5.64. The van der Waals surface area contributed by atoms with Gasteiger partial charge >= 0.3 is 0 Å². The fourth-order valence-electron chi connectivity index (χ4n) is 1.83. The molecule has 0 spiro atoms. The number of nitrogens with zero attached hydrogens (tertiary/aromatic N) is 1. The molecule has 0 radical (unpaired) electrons. The molecule has 0 aromatic rings. The van der Waals surface area contributed by atoms with Gasteiger partial charge in [-0.25, -0.2) is 8.42 Å². The Hall–Kier alpha value is -0.200. The summed E-state index contributed by atoms with van der Waals surface area (Å²) < 4.78 is 25.4. The average molecular weight is 264 g/mol. The molecule has 1 saturated heterocycles. The molecular weight excluding hydrogens is 244 g/mol. The van der Waals surface area contributed by atoms with Crippen molar-refractivity contribution < 1.29 is 8.42 Å². The number of nitrogens with two attached hydrogens (primary N) is 1. The molecule has 16 heavy (non-hydrogen) atoms. The van der Waals surface area contributed by atoms with E-state index in [1.54, 1.807) is 20.8 Å². The molecule has 1 rings (SSSR count). The van der Waals surface area contributed by atoms with E-state index in [4.69, 9.17) is 18.0 Å². The third-order valence-corrected chi connectivity index (χ3v) is 5.74. The number of piperidine rings is 1. The lowest BCUT2D eigenvalue weighted by Gasteiger charge is -2.38. The number of hydrogen-bond acceptors (Lipinski definition) is 3. The van der Waals surface area contributed by atoms with Crippen molar-refractivity contribution >= 4 is 27.2 Å². The van der Waals surface area contributed by atoms with Crippen molar-refractivity contribution in [3.05, 3.63) is 0 Å². The molecule has 94 valence electrons. The number of thiocarbonyl (C=S) groups is 1. The summed E-state index contributed by atoms with van der Waals surface area (Å²) in [4.78, 5) is 0.285. The van der Waals surface area contributed by atoms with Crippen molar-refractivity contribution in [1.29, 1.82) is 0 Å². The van der Waals surface area contributed by atoms with Gasteiger partial charge in [-0.05, 0) is 33.6 Å². The van der Waals surface area contributed by atoms with Crippen LogP contribution in [0.25, 0.3) is 0 Å². The normalized spacial score (nSPS) is 24.3. The second-order valence-electron chi connectivity index (χ2n) is 5.14. The van der Waals surface area contributed by atoms with Crippen LogP contribution in [-0.2, 0) is 10.0 Å². The molecule has 1 aliphatic rings. The molecule has 1 heterocycles. The lowest BCUT2D eigenvalue weighted by atomic mass is 10.1. The van der Waals surface area contributed by atoms with Gasteiger partial charge in [-0.3, -0.25) is 0 Å². The Morgan fingerprint density at radius 2 is 1.94 bits per heavy atom. The molecular formula is C10H20N2O2S2. The number of hydrogen-bond donors (Lipinski definition) is 1. The van der Waals surface area contributed by atoms with E-state index < -0.39 is 14.8 Å². The molecule has 1 fully saturated rings. The molecule has 0 amide bonds. The molecule has 0 aromatic heterocycles. The van der Waals surface area contributed by atoms with Crippen LogP contribution in [0, 0.1) is 0 Å². The Balaban J connectivity index is 3.05. The highest BCUT2D eigenvalue weighted by atomic mass is 32.2. The molecule has 1 aliphatic heterocycles. The first-order chi connectivity index (χ1) is 7.18. The Morgan fingerprint density at radius 1 is 1.38 bits per heavy atom. The van der Waals surface area contributed by atoms with E-state index in [1.165, 1.54) is 4.31 Å². The summed E-state index contributed by atoms with van der Waals surface area (Å²) in [5.41, 5.74) is 5.62. The molecule has 1 atom stereocenters. The van der Waals surface area contributed by atoms with Gasteiger partial charge in [0.2, 0.25) is 10.0 Å². The van der Waals surface area contributed by atoms with Crippen LogP contribution in [0.4, 0.5) is 0 Å². The van der Waals surface area contributed by atoms with Crippen LogP contribution in [0.1, 0.15) is 40.0 Å². The Bertz CT molecular complexity index is 371. The SMILES string of the molecule is CC(C)(C)S(=O)(=O)N1CCCCC1C(N)=S. The van der Waals surface area contributed by atoms with Crippen LogP contribution in [0.15, 0.2) is 0 Å². The number of sulfonamides is 1. The fourth-order valence-corrected chi connectivity index (χ4v) is 3.77. The molecule has 0 saturated carbocycles. The van der Waals surface area contributed by atoms with Gasteiger partial charge < -0.3 is 5.73 Å². The Labute approximate surface area is 103 Å². The van der Waals surface area contributed by atoms with E-state index in [1.807, 2.05) is 0 Å². The van der Waals surface area contributed by atoms with Gasteiger partial charge in [0.15, 0.2) is 0 Å². The van der Waals surface area contributed by atoms with Crippen LogP contribution in [0.3, 0.4) is 0 Å². The minimum Gasteiger partial charge on any atom is -0.392 e. The third kappa shape index (κ3) is 2.55. The maximum atomic E-state index is 12.3. The van der Waals surface area contributed by atoms with Gasteiger partial charge in [0, 0.05) is 6.54 Å². The fraction of sp³-hybridized carbons (Fsp3) is 0.900. The summed E-state index contributed by atoms with van der Waals surface area (Å²) in [6, 6.07) is -0.298. The lowest BCUT2D eigenvalue weighted by molar-refractivity contribution is 0.299. The van der Waals surface area contributed by atoms with Gasteiger partial charge in [-0.15, -0.1) is 0 Å². The zero-order valence-electron chi connectivity index (χ0n) is 10.1. The molecule has 6 heteroatoms. The molecule has 0 bridgehead atoms. The van der Waals surface area contributed by atoms with Crippen molar-refractivity contribution in [3.63, 3.8) is 0 Å². The smallest absolute Gasteiger partial charge is 0.219 e. The second kappa shape index (κ2) is 4.58. The minimum atomic E-state index is -3.33. The standard InChI is InChI=1S/C10H20N2O2S2/c1-10(2,3)16(13,14)12-7-5-4-6-8(12)9(11)15/h8H,4-7H2,1-3H3,(H2,11,15). The van der Waals surface area contributed by atoms with E-state index in [9.17, 15) is 8.42 Å². The highest BCUT2D eigenvalue weighted by Crippen LogP contribution is 2.27. The van der Waals surface area contributed by atoms with Gasteiger partial charge in [0.25, 0.3) is 0 Å². The van der Waals surface area contributed by atoms with Gasteiger partial charge in [0.05, 0.1) is 15.8 Å². The van der Waals surface area contributed by atoms with Gasteiger partial charge in [0.1, 0.15) is 0 Å². The maximum Gasteiger partial charge on any atom is 0.219 e. The van der Waals surface area contributed by atoms with Crippen molar-refractivity contribution in [2.24, 2.45) is 5.73 Å². The predicted octanol–water partition coefficient (Wildman–Crippen LogP) is 1.26. The van der Waals surface area contributed by atoms with Crippen molar-refractivity contribution in [3.8, 4) is 0 Å². The molecule has 4 nitrogen and oxygen atoms in total. The Kier molecular flexibility index (Phi) is 3.97. The predicted molar refractivity (Wildman–Crippen MR) is 69.8 cm³/mol. The number of rotatable bonds is 2.